The van der Waals surface area contributed by atoms with Crippen LogP contribution in [0.2, 0.25) is 6.32 Å². The molecule has 78 valence electrons. The molecule has 0 aliphatic heterocycles. The van der Waals surface area contributed by atoms with Gasteiger partial charge in [-0.3, -0.25) is 0 Å². The summed E-state index contributed by atoms with van der Waals surface area (Å²) >= 11 is 0. The molecule has 0 aromatic carbocycles. The quantitative estimate of drug-likeness (QED) is 0.427. The lowest BCUT2D eigenvalue weighted by molar-refractivity contribution is 0.461. The van der Waals surface area contributed by atoms with Crippen LogP contribution < -0.4 is 5.32 Å². The van der Waals surface area contributed by atoms with Crippen LogP contribution in [-0.4, -0.2) is 20.9 Å². The van der Waals surface area contributed by atoms with Crippen molar-refractivity contribution in [3.8, 4) is 0 Å². The van der Waals surface area contributed by atoms with Crippen LogP contribution in [0.25, 0.3) is 0 Å². The normalized spacial score (nSPS) is 13.1. The van der Waals surface area contributed by atoms with Gasteiger partial charge in [-0.05, 0) is 31.8 Å². The van der Waals surface area contributed by atoms with Gasteiger partial charge in [0, 0.05) is 0 Å². The number of nitrogens with one attached hydrogen (secondary N) is 1. The van der Waals surface area contributed by atoms with E-state index in [2.05, 4.69) is 27.0 Å². The molecule has 0 aromatic rings. The van der Waals surface area contributed by atoms with E-state index in [0.717, 1.165) is 5.92 Å². The molecule has 0 fully saturated rings. The largest absolute Gasteiger partial charge is 0.316 e. The minimum absolute atomic E-state index is 0.864. The van der Waals surface area contributed by atoms with E-state index in [4.69, 9.17) is 0 Å². The molecular weight excluding hydrogens is 157 g/mol. The highest BCUT2D eigenvalue weighted by molar-refractivity contribution is 6.08. The Morgan fingerprint density at radius 2 is 2.00 bits per heavy atom. The van der Waals surface area contributed by atoms with Crippen molar-refractivity contribution < 1.29 is 0 Å². The van der Waals surface area contributed by atoms with Crippen molar-refractivity contribution in [3.63, 3.8) is 0 Å². The number of hydrogen-bond acceptors (Lipinski definition) is 1. The standard InChI is InChI=1S/C11H26BN/c1-3-4-9-13-10-11(2)7-5-6-8-12/h11,13H,3-10,12H2,1-2H3. The zero-order chi connectivity index (χ0) is 9.94. The lowest BCUT2D eigenvalue weighted by atomic mass is 9.96. The highest BCUT2D eigenvalue weighted by atomic mass is 14.8. The molecular formula is C11H26BN. The van der Waals surface area contributed by atoms with Crippen LogP contribution in [0.4, 0.5) is 0 Å². The van der Waals surface area contributed by atoms with Crippen molar-refractivity contribution >= 4 is 7.85 Å². The van der Waals surface area contributed by atoms with Crippen LogP contribution >= 0.6 is 0 Å². The Kier molecular flexibility index (Phi) is 10.1. The van der Waals surface area contributed by atoms with E-state index in [1.165, 1.54) is 51.5 Å². The Morgan fingerprint density at radius 1 is 1.23 bits per heavy atom. The van der Waals surface area contributed by atoms with E-state index in [1.54, 1.807) is 0 Å². The third-order valence-corrected chi connectivity index (χ3v) is 2.50. The van der Waals surface area contributed by atoms with Crippen LogP contribution in [-0.2, 0) is 0 Å². The van der Waals surface area contributed by atoms with Crippen molar-refractivity contribution in [2.24, 2.45) is 5.92 Å². The first-order chi connectivity index (χ1) is 6.31. The second-order valence-corrected chi connectivity index (χ2v) is 4.16. The highest BCUT2D eigenvalue weighted by Crippen LogP contribution is 2.07. The highest BCUT2D eigenvalue weighted by Gasteiger charge is 1.99. The van der Waals surface area contributed by atoms with Crippen LogP contribution in [0.3, 0.4) is 0 Å². The van der Waals surface area contributed by atoms with Gasteiger partial charge in [0.05, 0.1) is 0 Å². The molecule has 0 amide bonds. The Morgan fingerprint density at radius 3 is 2.62 bits per heavy atom. The summed E-state index contributed by atoms with van der Waals surface area (Å²) in [5, 5.41) is 3.51. The summed E-state index contributed by atoms with van der Waals surface area (Å²) in [4.78, 5) is 0. The molecule has 0 rings (SSSR count). The zero-order valence-electron chi connectivity index (χ0n) is 9.73. The van der Waals surface area contributed by atoms with E-state index in [9.17, 15) is 0 Å². The van der Waals surface area contributed by atoms with Crippen LogP contribution in [0.1, 0.15) is 46.0 Å². The predicted molar refractivity (Wildman–Crippen MR) is 64.1 cm³/mol. The van der Waals surface area contributed by atoms with Gasteiger partial charge in [0.2, 0.25) is 0 Å². The predicted octanol–water partition coefficient (Wildman–Crippen LogP) is 2.23. The molecule has 0 aliphatic carbocycles. The fourth-order valence-electron chi connectivity index (χ4n) is 1.50. The Bertz CT molecular complexity index is 96.1. The smallest absolute Gasteiger partial charge is 0.101 e. The molecule has 2 heteroatoms. The summed E-state index contributed by atoms with van der Waals surface area (Å²) < 4.78 is 0. The maximum absolute atomic E-state index is 3.51. The van der Waals surface area contributed by atoms with E-state index in [1.807, 2.05) is 0 Å². The summed E-state index contributed by atoms with van der Waals surface area (Å²) in [6, 6.07) is 0. The van der Waals surface area contributed by atoms with Crippen molar-refractivity contribution in [1.82, 2.24) is 5.32 Å². The Labute approximate surface area is 85.1 Å². The van der Waals surface area contributed by atoms with Crippen LogP contribution in [0.15, 0.2) is 0 Å². The monoisotopic (exact) mass is 183 g/mol. The first kappa shape index (κ1) is 13.0. The fraction of sp³-hybridized carbons (Fsp3) is 1.00. The van der Waals surface area contributed by atoms with Crippen molar-refractivity contribution in [2.75, 3.05) is 13.1 Å². The van der Waals surface area contributed by atoms with Gasteiger partial charge in [-0.25, -0.2) is 0 Å². The summed E-state index contributed by atoms with van der Waals surface area (Å²) in [5.74, 6) is 0.864. The van der Waals surface area contributed by atoms with Crippen molar-refractivity contribution in [2.45, 2.75) is 52.3 Å². The van der Waals surface area contributed by atoms with Gasteiger partial charge in [-0.15, -0.1) is 0 Å². The average Bonchev–Trinajstić information content (AvgIpc) is 2.13. The number of unbranched alkanes of at least 4 members (excludes halogenated alkanes) is 2. The maximum Gasteiger partial charge on any atom is 0.101 e. The van der Waals surface area contributed by atoms with E-state index < -0.39 is 0 Å². The van der Waals surface area contributed by atoms with Crippen molar-refractivity contribution in [1.29, 1.82) is 0 Å². The van der Waals surface area contributed by atoms with Gasteiger partial charge < -0.3 is 5.32 Å². The van der Waals surface area contributed by atoms with Gasteiger partial charge in [0.15, 0.2) is 0 Å². The molecule has 0 saturated heterocycles. The molecule has 13 heavy (non-hydrogen) atoms. The maximum atomic E-state index is 3.51. The second kappa shape index (κ2) is 10.1. The lowest BCUT2D eigenvalue weighted by Gasteiger charge is -2.11. The van der Waals surface area contributed by atoms with Crippen LogP contribution in [0, 0.1) is 5.92 Å². The molecule has 1 N–H and O–H groups in total. The molecule has 1 atom stereocenters. The topological polar surface area (TPSA) is 12.0 Å². The lowest BCUT2D eigenvalue weighted by Crippen LogP contribution is -2.22. The summed E-state index contributed by atoms with van der Waals surface area (Å²) in [6.07, 6.45) is 8.17. The molecule has 0 aromatic heterocycles. The zero-order valence-corrected chi connectivity index (χ0v) is 9.73. The van der Waals surface area contributed by atoms with E-state index in [0.29, 0.717) is 0 Å². The summed E-state index contributed by atoms with van der Waals surface area (Å²) in [7, 11) is 2.27. The van der Waals surface area contributed by atoms with E-state index >= 15 is 0 Å². The van der Waals surface area contributed by atoms with Crippen LogP contribution in [0.5, 0.6) is 0 Å². The third kappa shape index (κ3) is 9.94. The Balaban J connectivity index is 3.05. The molecule has 0 aliphatic rings. The van der Waals surface area contributed by atoms with Crippen molar-refractivity contribution in [3.05, 3.63) is 0 Å². The molecule has 0 spiro atoms. The Hall–Kier alpha value is 0.0249. The van der Waals surface area contributed by atoms with Gasteiger partial charge >= 0.3 is 0 Å². The molecule has 0 heterocycles. The molecule has 1 nitrogen and oxygen atoms in total. The van der Waals surface area contributed by atoms with Gasteiger partial charge in [0.25, 0.3) is 0 Å². The summed E-state index contributed by atoms with van der Waals surface area (Å²) in [6.45, 7) is 7.01. The van der Waals surface area contributed by atoms with E-state index in [-0.39, 0.29) is 0 Å². The van der Waals surface area contributed by atoms with Gasteiger partial charge in [-0.1, -0.05) is 39.4 Å². The molecule has 1 unspecified atom stereocenters. The first-order valence-corrected chi connectivity index (χ1v) is 6.02. The molecule has 0 saturated carbocycles. The number of hydrogen-bond donors (Lipinski definition) is 1. The fourth-order valence-corrected chi connectivity index (χ4v) is 1.50. The molecule has 0 radical (unpaired) electrons. The second-order valence-electron chi connectivity index (χ2n) is 4.16. The molecule has 0 bridgehead atoms. The number of rotatable bonds is 9. The minimum Gasteiger partial charge on any atom is -0.316 e. The van der Waals surface area contributed by atoms with Gasteiger partial charge in [0.1, 0.15) is 7.85 Å². The SMILES string of the molecule is BCCCCC(C)CNCCCC. The summed E-state index contributed by atoms with van der Waals surface area (Å²) in [5.41, 5.74) is 0. The average molecular weight is 183 g/mol. The van der Waals surface area contributed by atoms with Gasteiger partial charge in [-0.2, -0.15) is 0 Å². The minimum atomic E-state index is 0.864. The first-order valence-electron chi connectivity index (χ1n) is 6.02. The third-order valence-electron chi connectivity index (χ3n) is 2.50.